The number of hydrogen-bond donors (Lipinski definition) is 3. The zero-order valence-corrected chi connectivity index (χ0v) is 5.04. The third-order valence-electron chi connectivity index (χ3n) is 0.499. The van der Waals surface area contributed by atoms with E-state index in [2.05, 4.69) is 16.8 Å². The van der Waals surface area contributed by atoms with Crippen molar-refractivity contribution in [3.05, 3.63) is 0 Å². The molecule has 0 spiro atoms. The Bertz CT molecular complexity index is 46.5. The Labute approximate surface area is 49.1 Å². The monoisotopic (exact) mass is 119 g/mol. The van der Waals surface area contributed by atoms with Gasteiger partial charge in [0.15, 0.2) is 0 Å². The molecule has 0 unspecified atom stereocenters. The predicted molar refractivity (Wildman–Crippen MR) is 33.6 cm³/mol. The molecule has 0 aliphatic rings. The van der Waals surface area contributed by atoms with Crippen LogP contribution in [0.3, 0.4) is 0 Å². The van der Waals surface area contributed by atoms with Crippen molar-refractivity contribution in [3.63, 3.8) is 0 Å². The maximum atomic E-state index is 7.77. The lowest BCUT2D eigenvalue weighted by Crippen LogP contribution is -2.02. The summed E-state index contributed by atoms with van der Waals surface area (Å²) < 4.78 is 0. The highest BCUT2D eigenvalue weighted by molar-refractivity contribution is 5.55. The summed E-state index contributed by atoms with van der Waals surface area (Å²) in [6, 6.07) is 0. The lowest BCUT2D eigenvalue weighted by atomic mass is 10.4. The van der Waals surface area contributed by atoms with Crippen molar-refractivity contribution in [2.75, 3.05) is 0 Å². The number of hydrazine groups is 1. The van der Waals surface area contributed by atoms with Crippen LogP contribution in [0.5, 0.6) is 0 Å². The molecule has 0 amide bonds. The molecule has 0 radical (unpaired) electrons. The quantitative estimate of drug-likeness (QED) is 0.208. The topological polar surface area (TPSA) is 84.6 Å². The zero-order chi connectivity index (χ0) is 6.83. The molecule has 0 aliphatic heterocycles. The summed E-state index contributed by atoms with van der Waals surface area (Å²) in [5.74, 6) is 8.00. The fraction of sp³-hybridized carbons (Fsp3) is 0.750. The van der Waals surface area contributed by atoms with E-state index in [-0.39, 0.29) is 0 Å². The average Bonchev–Trinajstić information content (AvgIpc) is 1.88. The van der Waals surface area contributed by atoms with Crippen molar-refractivity contribution in [1.29, 1.82) is 0 Å². The highest BCUT2D eigenvalue weighted by Crippen LogP contribution is 1.77. The van der Waals surface area contributed by atoms with E-state index in [1.54, 1.807) is 0 Å². The van der Waals surface area contributed by atoms with E-state index in [4.69, 9.17) is 5.21 Å². The van der Waals surface area contributed by atoms with Gasteiger partial charge < -0.3 is 5.21 Å². The second kappa shape index (κ2) is 16.2. The van der Waals surface area contributed by atoms with E-state index < -0.39 is 0 Å². The van der Waals surface area contributed by atoms with Crippen LogP contribution in [0.4, 0.5) is 0 Å². The molecule has 8 heavy (non-hydrogen) atoms. The van der Waals surface area contributed by atoms with Gasteiger partial charge in [0.1, 0.15) is 0 Å². The minimum Gasteiger partial charge on any atom is -0.411 e. The Balaban J connectivity index is 0. The molecule has 5 N–H and O–H groups in total. The molecule has 0 rings (SSSR count). The van der Waals surface area contributed by atoms with Gasteiger partial charge in [-0.3, -0.25) is 11.7 Å². The van der Waals surface area contributed by atoms with Gasteiger partial charge in [0.05, 0.1) is 0 Å². The standard InChI is InChI=1S/C4H9NO.H4N2/c1-2-3-4-5-6;1-2/h4,6H,2-3H2,1H3;1-2H2/b5-4-;. The van der Waals surface area contributed by atoms with Gasteiger partial charge in [0.2, 0.25) is 0 Å². The van der Waals surface area contributed by atoms with Crippen LogP contribution < -0.4 is 11.7 Å². The summed E-state index contributed by atoms with van der Waals surface area (Å²) in [7, 11) is 0. The number of hydrogen-bond acceptors (Lipinski definition) is 4. The molecule has 0 aliphatic carbocycles. The van der Waals surface area contributed by atoms with E-state index in [9.17, 15) is 0 Å². The Kier molecular flexibility index (Phi) is 21.0. The summed E-state index contributed by atoms with van der Waals surface area (Å²) in [5.41, 5.74) is 0. The number of oxime groups is 1. The molecule has 4 heteroatoms. The van der Waals surface area contributed by atoms with Crippen LogP contribution in [-0.2, 0) is 0 Å². The van der Waals surface area contributed by atoms with Gasteiger partial charge in [-0.2, -0.15) is 0 Å². The second-order valence-corrected chi connectivity index (χ2v) is 1.09. The van der Waals surface area contributed by atoms with E-state index >= 15 is 0 Å². The Hall–Kier alpha value is -0.610. The number of nitrogens with zero attached hydrogens (tertiary/aromatic N) is 1. The maximum Gasteiger partial charge on any atom is 0.0435 e. The first-order valence-electron chi connectivity index (χ1n) is 2.41. The molecule has 0 fully saturated rings. The van der Waals surface area contributed by atoms with E-state index in [0.717, 1.165) is 12.8 Å². The lowest BCUT2D eigenvalue weighted by molar-refractivity contribution is 0.320. The van der Waals surface area contributed by atoms with Crippen LogP contribution in [-0.4, -0.2) is 11.4 Å². The molecule has 0 aromatic rings. The maximum absolute atomic E-state index is 7.77. The first-order chi connectivity index (χ1) is 3.91. The van der Waals surface area contributed by atoms with Crippen molar-refractivity contribution >= 4 is 6.21 Å². The molecule has 50 valence electrons. The Morgan fingerprint density at radius 3 is 2.25 bits per heavy atom. The highest BCUT2D eigenvalue weighted by Gasteiger charge is 1.67. The van der Waals surface area contributed by atoms with Crippen LogP contribution in [0.1, 0.15) is 19.8 Å². The highest BCUT2D eigenvalue weighted by atomic mass is 16.4. The molecule has 0 heterocycles. The van der Waals surface area contributed by atoms with Gasteiger partial charge in [-0.1, -0.05) is 13.3 Å². The van der Waals surface area contributed by atoms with Gasteiger partial charge in [0, 0.05) is 6.21 Å². The normalized spacial score (nSPS) is 8.38. The largest absolute Gasteiger partial charge is 0.411 e. The van der Waals surface area contributed by atoms with E-state index in [1.165, 1.54) is 6.21 Å². The van der Waals surface area contributed by atoms with Crippen LogP contribution >= 0.6 is 0 Å². The van der Waals surface area contributed by atoms with Crippen molar-refractivity contribution < 1.29 is 5.21 Å². The molecule has 0 aromatic carbocycles. The van der Waals surface area contributed by atoms with Crippen molar-refractivity contribution in [3.8, 4) is 0 Å². The van der Waals surface area contributed by atoms with E-state index in [0.29, 0.717) is 0 Å². The van der Waals surface area contributed by atoms with Crippen LogP contribution in [0, 0.1) is 0 Å². The van der Waals surface area contributed by atoms with Crippen molar-refractivity contribution in [2.45, 2.75) is 19.8 Å². The fourth-order valence-electron chi connectivity index (χ4n) is 0.187. The van der Waals surface area contributed by atoms with Gasteiger partial charge in [-0.05, 0) is 6.42 Å². The van der Waals surface area contributed by atoms with E-state index in [1.807, 2.05) is 6.92 Å². The molecule has 0 saturated heterocycles. The molecule has 0 bridgehead atoms. The summed E-state index contributed by atoms with van der Waals surface area (Å²) in [6.45, 7) is 2.03. The molecular formula is C4H13N3O. The SMILES string of the molecule is CCC/C=N\O.NN. The average molecular weight is 119 g/mol. The van der Waals surface area contributed by atoms with Crippen LogP contribution in [0.25, 0.3) is 0 Å². The Morgan fingerprint density at radius 1 is 1.62 bits per heavy atom. The zero-order valence-electron chi connectivity index (χ0n) is 5.04. The molecule has 0 saturated carbocycles. The summed E-state index contributed by atoms with van der Waals surface area (Å²) in [4.78, 5) is 0. The minimum atomic E-state index is 0.872. The van der Waals surface area contributed by atoms with Gasteiger partial charge in [-0.25, -0.2) is 0 Å². The first-order valence-corrected chi connectivity index (χ1v) is 2.41. The summed E-state index contributed by atoms with van der Waals surface area (Å²) in [5, 5.41) is 10.6. The third kappa shape index (κ3) is 18.2. The summed E-state index contributed by atoms with van der Waals surface area (Å²) in [6.07, 6.45) is 3.40. The fourth-order valence-corrected chi connectivity index (χ4v) is 0.187. The lowest BCUT2D eigenvalue weighted by Gasteiger charge is -1.74. The third-order valence-corrected chi connectivity index (χ3v) is 0.499. The van der Waals surface area contributed by atoms with Crippen molar-refractivity contribution in [2.24, 2.45) is 16.8 Å². The number of rotatable bonds is 2. The number of nitrogens with two attached hydrogens (primary N) is 2. The van der Waals surface area contributed by atoms with Gasteiger partial charge >= 0.3 is 0 Å². The van der Waals surface area contributed by atoms with Crippen LogP contribution in [0.15, 0.2) is 5.16 Å². The molecular weight excluding hydrogens is 106 g/mol. The van der Waals surface area contributed by atoms with Gasteiger partial charge in [-0.15, -0.1) is 5.16 Å². The predicted octanol–water partition coefficient (Wildman–Crippen LogP) is 0.0653. The first kappa shape index (κ1) is 10.4. The molecule has 4 nitrogen and oxygen atoms in total. The second-order valence-electron chi connectivity index (χ2n) is 1.09. The van der Waals surface area contributed by atoms with Crippen LogP contribution in [0.2, 0.25) is 0 Å². The smallest absolute Gasteiger partial charge is 0.0435 e. The molecule has 0 atom stereocenters. The van der Waals surface area contributed by atoms with Crippen molar-refractivity contribution in [1.82, 2.24) is 0 Å². The number of unbranched alkanes of at least 4 members (excludes halogenated alkanes) is 1. The summed E-state index contributed by atoms with van der Waals surface area (Å²) >= 11 is 0. The van der Waals surface area contributed by atoms with Gasteiger partial charge in [0.25, 0.3) is 0 Å². The molecule has 0 aromatic heterocycles. The minimum absolute atomic E-state index is 0.872. The Morgan fingerprint density at radius 2 is 2.12 bits per heavy atom.